The number of hydrogen-bond acceptors (Lipinski definition) is 1. The molecule has 1 aromatic rings. The molecule has 0 aliphatic carbocycles. The first-order chi connectivity index (χ1) is 7.72. The van der Waals surface area contributed by atoms with E-state index in [0.717, 1.165) is 5.92 Å². The SMILES string of the molecule is CNC(CCc1ccccc1)CCC(C)C. The topological polar surface area (TPSA) is 12.0 Å². The van der Waals surface area contributed by atoms with E-state index < -0.39 is 0 Å². The van der Waals surface area contributed by atoms with Crippen molar-refractivity contribution in [2.75, 3.05) is 7.05 Å². The van der Waals surface area contributed by atoms with Crippen LogP contribution >= 0.6 is 0 Å². The van der Waals surface area contributed by atoms with E-state index in [1.54, 1.807) is 0 Å². The minimum atomic E-state index is 0.669. The molecule has 0 spiro atoms. The van der Waals surface area contributed by atoms with Crippen molar-refractivity contribution in [1.29, 1.82) is 0 Å². The molecule has 1 aromatic carbocycles. The van der Waals surface area contributed by atoms with Crippen molar-refractivity contribution >= 4 is 0 Å². The molecule has 0 aliphatic rings. The molecule has 1 N–H and O–H groups in total. The van der Waals surface area contributed by atoms with Gasteiger partial charge >= 0.3 is 0 Å². The van der Waals surface area contributed by atoms with Crippen molar-refractivity contribution in [3.8, 4) is 0 Å². The van der Waals surface area contributed by atoms with Crippen molar-refractivity contribution < 1.29 is 0 Å². The van der Waals surface area contributed by atoms with Gasteiger partial charge in [0.2, 0.25) is 0 Å². The van der Waals surface area contributed by atoms with Crippen LogP contribution in [0.5, 0.6) is 0 Å². The fraction of sp³-hybridized carbons (Fsp3) is 0.600. The van der Waals surface area contributed by atoms with E-state index in [4.69, 9.17) is 0 Å². The largest absolute Gasteiger partial charge is 0.317 e. The first-order valence-corrected chi connectivity index (χ1v) is 6.43. The van der Waals surface area contributed by atoms with Crippen LogP contribution in [0.15, 0.2) is 30.3 Å². The van der Waals surface area contributed by atoms with Crippen molar-refractivity contribution in [2.45, 2.75) is 45.6 Å². The lowest BCUT2D eigenvalue weighted by Gasteiger charge is -2.17. The zero-order valence-electron chi connectivity index (χ0n) is 10.9. The molecular formula is C15H25N. The lowest BCUT2D eigenvalue weighted by Crippen LogP contribution is -2.26. The molecule has 1 rings (SSSR count). The van der Waals surface area contributed by atoms with Crippen LogP contribution in [0.4, 0.5) is 0 Å². The summed E-state index contributed by atoms with van der Waals surface area (Å²) in [6.45, 7) is 4.59. The molecule has 1 nitrogen and oxygen atoms in total. The number of nitrogens with one attached hydrogen (secondary N) is 1. The molecule has 0 amide bonds. The molecule has 90 valence electrons. The monoisotopic (exact) mass is 219 g/mol. The quantitative estimate of drug-likeness (QED) is 0.738. The third-order valence-corrected chi connectivity index (χ3v) is 3.13. The van der Waals surface area contributed by atoms with Gasteiger partial charge in [-0.1, -0.05) is 44.2 Å². The summed E-state index contributed by atoms with van der Waals surface area (Å²) in [6.07, 6.45) is 5.04. The second kappa shape index (κ2) is 7.45. The normalized spacial score (nSPS) is 13.0. The Hall–Kier alpha value is -0.820. The fourth-order valence-electron chi connectivity index (χ4n) is 1.95. The molecular weight excluding hydrogens is 194 g/mol. The smallest absolute Gasteiger partial charge is 0.00673 e. The van der Waals surface area contributed by atoms with Crippen molar-refractivity contribution in [3.63, 3.8) is 0 Å². The Labute approximate surface area is 100 Å². The van der Waals surface area contributed by atoms with E-state index >= 15 is 0 Å². The average molecular weight is 219 g/mol. The maximum atomic E-state index is 3.43. The van der Waals surface area contributed by atoms with E-state index in [-0.39, 0.29) is 0 Å². The Morgan fingerprint density at radius 3 is 2.25 bits per heavy atom. The molecule has 0 heterocycles. The van der Waals surface area contributed by atoms with E-state index in [2.05, 4.69) is 56.5 Å². The molecule has 0 saturated carbocycles. The molecule has 1 heteroatoms. The highest BCUT2D eigenvalue weighted by molar-refractivity contribution is 5.14. The number of aryl methyl sites for hydroxylation is 1. The maximum Gasteiger partial charge on any atom is 0.00673 e. The third-order valence-electron chi connectivity index (χ3n) is 3.13. The first-order valence-electron chi connectivity index (χ1n) is 6.43. The molecule has 0 aliphatic heterocycles. The highest BCUT2D eigenvalue weighted by atomic mass is 14.9. The summed E-state index contributed by atoms with van der Waals surface area (Å²) in [5.41, 5.74) is 1.45. The highest BCUT2D eigenvalue weighted by Crippen LogP contribution is 2.12. The minimum Gasteiger partial charge on any atom is -0.317 e. The molecule has 0 aromatic heterocycles. The van der Waals surface area contributed by atoms with Crippen LogP contribution in [0.3, 0.4) is 0 Å². The second-order valence-electron chi connectivity index (χ2n) is 4.98. The van der Waals surface area contributed by atoms with Crippen LogP contribution in [0, 0.1) is 5.92 Å². The van der Waals surface area contributed by atoms with Gasteiger partial charge in [-0.05, 0) is 44.2 Å². The summed E-state index contributed by atoms with van der Waals surface area (Å²) in [6, 6.07) is 11.4. The number of benzene rings is 1. The van der Waals surface area contributed by atoms with Gasteiger partial charge in [-0.25, -0.2) is 0 Å². The van der Waals surface area contributed by atoms with E-state index in [1.807, 2.05) is 0 Å². The summed E-state index contributed by atoms with van der Waals surface area (Å²) >= 11 is 0. The lowest BCUT2D eigenvalue weighted by molar-refractivity contribution is 0.433. The van der Waals surface area contributed by atoms with Crippen LogP contribution in [0.1, 0.15) is 38.7 Å². The van der Waals surface area contributed by atoms with Gasteiger partial charge < -0.3 is 5.32 Å². The first kappa shape index (κ1) is 13.2. The fourth-order valence-corrected chi connectivity index (χ4v) is 1.95. The van der Waals surface area contributed by atoms with Gasteiger partial charge in [0.1, 0.15) is 0 Å². The summed E-state index contributed by atoms with van der Waals surface area (Å²) in [4.78, 5) is 0. The molecule has 1 unspecified atom stereocenters. The molecule has 1 atom stereocenters. The summed E-state index contributed by atoms with van der Waals surface area (Å²) in [5, 5.41) is 3.43. The Morgan fingerprint density at radius 1 is 1.00 bits per heavy atom. The van der Waals surface area contributed by atoms with E-state index in [9.17, 15) is 0 Å². The van der Waals surface area contributed by atoms with Gasteiger partial charge in [-0.3, -0.25) is 0 Å². The van der Waals surface area contributed by atoms with E-state index in [1.165, 1.54) is 31.2 Å². The van der Waals surface area contributed by atoms with Gasteiger partial charge in [-0.2, -0.15) is 0 Å². The predicted octanol–water partition coefficient (Wildman–Crippen LogP) is 3.64. The minimum absolute atomic E-state index is 0.669. The Balaban J connectivity index is 2.28. The molecule has 0 saturated heterocycles. The second-order valence-corrected chi connectivity index (χ2v) is 4.98. The van der Waals surface area contributed by atoms with Gasteiger partial charge in [0.15, 0.2) is 0 Å². The molecule has 0 fully saturated rings. The number of hydrogen-bond donors (Lipinski definition) is 1. The Morgan fingerprint density at radius 2 is 1.69 bits per heavy atom. The predicted molar refractivity (Wildman–Crippen MR) is 71.7 cm³/mol. The van der Waals surface area contributed by atoms with Gasteiger partial charge in [0, 0.05) is 6.04 Å². The van der Waals surface area contributed by atoms with Crippen LogP contribution in [0.2, 0.25) is 0 Å². The van der Waals surface area contributed by atoms with Crippen LogP contribution in [-0.4, -0.2) is 13.1 Å². The Kier molecular flexibility index (Phi) is 6.17. The summed E-state index contributed by atoms with van der Waals surface area (Å²) in [5.74, 6) is 0.813. The average Bonchev–Trinajstić information content (AvgIpc) is 2.30. The zero-order chi connectivity index (χ0) is 11.8. The molecule has 0 bridgehead atoms. The van der Waals surface area contributed by atoms with Crippen LogP contribution in [0.25, 0.3) is 0 Å². The summed E-state index contributed by atoms with van der Waals surface area (Å²) in [7, 11) is 2.08. The maximum absolute atomic E-state index is 3.43. The standard InChI is InChI=1S/C15H25N/c1-13(2)9-11-15(16-3)12-10-14-7-5-4-6-8-14/h4-8,13,15-16H,9-12H2,1-3H3. The highest BCUT2D eigenvalue weighted by Gasteiger charge is 2.07. The number of rotatable bonds is 7. The summed E-state index contributed by atoms with van der Waals surface area (Å²) < 4.78 is 0. The van der Waals surface area contributed by atoms with Crippen molar-refractivity contribution in [2.24, 2.45) is 5.92 Å². The lowest BCUT2D eigenvalue weighted by atomic mass is 9.98. The Bertz CT molecular complexity index is 266. The molecule has 16 heavy (non-hydrogen) atoms. The third kappa shape index (κ3) is 5.32. The molecule has 0 radical (unpaired) electrons. The van der Waals surface area contributed by atoms with Gasteiger partial charge in [-0.15, -0.1) is 0 Å². The van der Waals surface area contributed by atoms with Crippen LogP contribution < -0.4 is 5.32 Å². The van der Waals surface area contributed by atoms with Gasteiger partial charge in [0.05, 0.1) is 0 Å². The van der Waals surface area contributed by atoms with Gasteiger partial charge in [0.25, 0.3) is 0 Å². The van der Waals surface area contributed by atoms with Crippen molar-refractivity contribution in [1.82, 2.24) is 5.32 Å². The zero-order valence-corrected chi connectivity index (χ0v) is 10.9. The van der Waals surface area contributed by atoms with Crippen LogP contribution in [-0.2, 0) is 6.42 Å². The van der Waals surface area contributed by atoms with Crippen molar-refractivity contribution in [3.05, 3.63) is 35.9 Å². The van der Waals surface area contributed by atoms with E-state index in [0.29, 0.717) is 6.04 Å².